The monoisotopic (exact) mass is 315 g/mol. The molecule has 0 radical (unpaired) electrons. The average Bonchev–Trinajstić information content (AvgIpc) is 2.44. The lowest BCUT2D eigenvalue weighted by Gasteiger charge is -2.13. The summed E-state index contributed by atoms with van der Waals surface area (Å²) in [6.45, 7) is 0.533. The minimum absolute atomic E-state index is 0.0843. The van der Waals surface area contributed by atoms with Gasteiger partial charge in [-0.15, -0.1) is 0 Å². The Kier molecular flexibility index (Phi) is 5.44. The van der Waals surface area contributed by atoms with E-state index in [9.17, 15) is 9.18 Å². The third-order valence-electron chi connectivity index (χ3n) is 3.37. The summed E-state index contributed by atoms with van der Waals surface area (Å²) in [6.07, 6.45) is 7.76. The molecular weight excluding hydrogens is 300 g/mol. The van der Waals surface area contributed by atoms with Crippen molar-refractivity contribution in [3.05, 3.63) is 45.2 Å². The molecule has 0 unspecified atom stereocenters. The number of nitrogens with one attached hydrogen (secondary N) is 1. The minimum Gasteiger partial charge on any atom is -0.352 e. The molecule has 1 N–H and O–H groups in total. The molecule has 1 amide bonds. The van der Waals surface area contributed by atoms with E-state index in [4.69, 9.17) is 23.2 Å². The number of hydrogen-bond acceptors (Lipinski definition) is 1. The lowest BCUT2D eigenvalue weighted by molar-refractivity contribution is 0.0953. The van der Waals surface area contributed by atoms with Gasteiger partial charge in [-0.05, 0) is 44.2 Å². The Morgan fingerprint density at radius 3 is 2.75 bits per heavy atom. The molecular formula is C15H16Cl2FNO. The SMILES string of the molecule is O=C(NCCC1=CCCCC1)c1cc(F)c(Cl)cc1Cl. The van der Waals surface area contributed by atoms with Crippen LogP contribution in [0.3, 0.4) is 0 Å². The quantitative estimate of drug-likeness (QED) is 0.630. The summed E-state index contributed by atoms with van der Waals surface area (Å²) < 4.78 is 13.4. The summed E-state index contributed by atoms with van der Waals surface area (Å²) >= 11 is 11.5. The van der Waals surface area contributed by atoms with Crippen molar-refractivity contribution in [3.8, 4) is 0 Å². The highest BCUT2D eigenvalue weighted by molar-refractivity contribution is 6.36. The number of allylic oxidation sites excluding steroid dienone is 1. The fourth-order valence-electron chi connectivity index (χ4n) is 2.26. The Morgan fingerprint density at radius 1 is 1.25 bits per heavy atom. The predicted molar refractivity (Wildman–Crippen MR) is 79.9 cm³/mol. The van der Waals surface area contributed by atoms with Crippen LogP contribution in [0.2, 0.25) is 10.0 Å². The number of carbonyl (C=O) groups is 1. The maximum absolute atomic E-state index is 13.4. The van der Waals surface area contributed by atoms with Gasteiger partial charge in [0.2, 0.25) is 0 Å². The smallest absolute Gasteiger partial charge is 0.252 e. The number of hydrogen-bond donors (Lipinski definition) is 1. The van der Waals surface area contributed by atoms with Gasteiger partial charge >= 0.3 is 0 Å². The largest absolute Gasteiger partial charge is 0.352 e. The topological polar surface area (TPSA) is 29.1 Å². The van der Waals surface area contributed by atoms with Gasteiger partial charge in [0.15, 0.2) is 0 Å². The van der Waals surface area contributed by atoms with Crippen LogP contribution in [0.15, 0.2) is 23.8 Å². The molecule has 1 aliphatic rings. The lowest BCUT2D eigenvalue weighted by Crippen LogP contribution is -2.25. The molecule has 0 saturated heterocycles. The van der Waals surface area contributed by atoms with E-state index in [0.717, 1.165) is 25.3 Å². The highest BCUT2D eigenvalue weighted by atomic mass is 35.5. The van der Waals surface area contributed by atoms with Gasteiger partial charge in [0, 0.05) is 6.54 Å². The van der Waals surface area contributed by atoms with Gasteiger partial charge in [0.25, 0.3) is 5.91 Å². The molecule has 0 spiro atoms. The van der Waals surface area contributed by atoms with Gasteiger partial charge in [-0.2, -0.15) is 0 Å². The van der Waals surface area contributed by atoms with Crippen LogP contribution in [-0.4, -0.2) is 12.5 Å². The minimum atomic E-state index is -0.642. The predicted octanol–water partition coefficient (Wildman–Crippen LogP) is 4.75. The summed E-state index contributed by atoms with van der Waals surface area (Å²) in [5, 5.41) is 2.83. The van der Waals surface area contributed by atoms with Crippen molar-refractivity contribution in [2.75, 3.05) is 6.54 Å². The van der Waals surface area contributed by atoms with Crippen molar-refractivity contribution in [1.82, 2.24) is 5.32 Å². The molecule has 0 bridgehead atoms. The van der Waals surface area contributed by atoms with E-state index >= 15 is 0 Å². The standard InChI is InChI=1S/C15H16Cl2FNO/c16-12-9-13(17)14(18)8-11(12)15(20)19-7-6-10-4-2-1-3-5-10/h4,8-9H,1-3,5-7H2,(H,19,20). The van der Waals surface area contributed by atoms with Crippen molar-refractivity contribution in [1.29, 1.82) is 0 Å². The zero-order chi connectivity index (χ0) is 14.5. The first-order valence-corrected chi connectivity index (χ1v) is 7.44. The van der Waals surface area contributed by atoms with E-state index in [2.05, 4.69) is 11.4 Å². The molecule has 20 heavy (non-hydrogen) atoms. The van der Waals surface area contributed by atoms with Crippen molar-refractivity contribution < 1.29 is 9.18 Å². The van der Waals surface area contributed by atoms with Crippen LogP contribution < -0.4 is 5.32 Å². The number of carbonyl (C=O) groups excluding carboxylic acids is 1. The fourth-order valence-corrected chi connectivity index (χ4v) is 2.73. The molecule has 0 aliphatic heterocycles. The molecule has 0 atom stereocenters. The lowest BCUT2D eigenvalue weighted by atomic mass is 9.97. The van der Waals surface area contributed by atoms with Crippen molar-refractivity contribution in [2.24, 2.45) is 0 Å². The number of benzene rings is 1. The third-order valence-corrected chi connectivity index (χ3v) is 3.97. The molecule has 0 aromatic heterocycles. The Hall–Kier alpha value is -1.06. The zero-order valence-electron chi connectivity index (χ0n) is 11.0. The fraction of sp³-hybridized carbons (Fsp3) is 0.400. The van der Waals surface area contributed by atoms with Crippen LogP contribution in [0.1, 0.15) is 42.5 Å². The van der Waals surface area contributed by atoms with E-state index in [0.29, 0.717) is 6.54 Å². The summed E-state index contributed by atoms with van der Waals surface area (Å²) in [7, 11) is 0. The van der Waals surface area contributed by atoms with Gasteiger partial charge in [0.1, 0.15) is 5.82 Å². The van der Waals surface area contributed by atoms with Gasteiger partial charge in [0.05, 0.1) is 15.6 Å². The third kappa shape index (κ3) is 3.97. The first kappa shape index (κ1) is 15.3. The van der Waals surface area contributed by atoms with Crippen LogP contribution in [-0.2, 0) is 0 Å². The zero-order valence-corrected chi connectivity index (χ0v) is 12.5. The van der Waals surface area contributed by atoms with Crippen LogP contribution in [0.25, 0.3) is 0 Å². The van der Waals surface area contributed by atoms with E-state index in [-0.39, 0.29) is 21.5 Å². The van der Waals surface area contributed by atoms with Crippen molar-refractivity contribution in [3.63, 3.8) is 0 Å². The normalized spacial score (nSPS) is 14.8. The van der Waals surface area contributed by atoms with Gasteiger partial charge in [-0.3, -0.25) is 4.79 Å². The summed E-state index contributed by atoms with van der Waals surface area (Å²) in [5.41, 5.74) is 1.50. The number of rotatable bonds is 4. The van der Waals surface area contributed by atoms with Gasteiger partial charge in [-0.25, -0.2) is 4.39 Å². The Balaban J connectivity index is 1.92. The van der Waals surface area contributed by atoms with Crippen LogP contribution in [0.4, 0.5) is 4.39 Å². The highest BCUT2D eigenvalue weighted by Crippen LogP contribution is 2.24. The van der Waals surface area contributed by atoms with E-state index in [1.807, 2.05) is 0 Å². The Bertz CT molecular complexity index is 543. The van der Waals surface area contributed by atoms with Crippen LogP contribution >= 0.6 is 23.2 Å². The maximum Gasteiger partial charge on any atom is 0.252 e. The van der Waals surface area contributed by atoms with Crippen molar-refractivity contribution in [2.45, 2.75) is 32.1 Å². The number of halogens is 3. The molecule has 0 fully saturated rings. The van der Waals surface area contributed by atoms with Crippen molar-refractivity contribution >= 4 is 29.1 Å². The first-order chi connectivity index (χ1) is 9.58. The molecule has 5 heteroatoms. The second-order valence-electron chi connectivity index (χ2n) is 4.86. The second-order valence-corrected chi connectivity index (χ2v) is 5.67. The van der Waals surface area contributed by atoms with E-state index < -0.39 is 5.82 Å². The summed E-state index contributed by atoms with van der Waals surface area (Å²) in [4.78, 5) is 11.9. The molecule has 1 aromatic carbocycles. The van der Waals surface area contributed by atoms with E-state index in [1.165, 1.54) is 24.5 Å². The summed E-state index contributed by atoms with van der Waals surface area (Å²) in [5.74, 6) is -1.02. The second kappa shape index (κ2) is 7.09. The van der Waals surface area contributed by atoms with Crippen LogP contribution in [0, 0.1) is 5.82 Å². The molecule has 1 aromatic rings. The highest BCUT2D eigenvalue weighted by Gasteiger charge is 2.14. The molecule has 2 rings (SSSR count). The molecule has 0 heterocycles. The first-order valence-electron chi connectivity index (χ1n) is 6.68. The Morgan fingerprint density at radius 2 is 2.05 bits per heavy atom. The maximum atomic E-state index is 13.4. The number of amides is 1. The molecule has 0 saturated carbocycles. The van der Waals surface area contributed by atoms with Gasteiger partial charge in [-0.1, -0.05) is 34.9 Å². The molecule has 2 nitrogen and oxygen atoms in total. The Labute approximate surface area is 128 Å². The van der Waals surface area contributed by atoms with Crippen LogP contribution in [0.5, 0.6) is 0 Å². The van der Waals surface area contributed by atoms with Gasteiger partial charge < -0.3 is 5.32 Å². The summed E-state index contributed by atoms with van der Waals surface area (Å²) in [6, 6.07) is 2.32. The molecule has 108 valence electrons. The molecule has 1 aliphatic carbocycles. The average molecular weight is 316 g/mol. The van der Waals surface area contributed by atoms with E-state index in [1.54, 1.807) is 0 Å².